The third-order valence-corrected chi connectivity index (χ3v) is 3.09. The Balaban J connectivity index is 2.09. The number of hydrogen-bond acceptors (Lipinski definition) is 5. The van der Waals surface area contributed by atoms with Crippen molar-refractivity contribution in [2.75, 3.05) is 18.4 Å². The van der Waals surface area contributed by atoms with E-state index in [9.17, 15) is 4.79 Å². The van der Waals surface area contributed by atoms with Gasteiger partial charge in [-0.2, -0.15) is 4.68 Å². The van der Waals surface area contributed by atoms with Crippen LogP contribution < -0.4 is 10.6 Å². The number of aromatic nitrogens is 4. The zero-order valence-electron chi connectivity index (χ0n) is 12.6. The van der Waals surface area contributed by atoms with Crippen LogP contribution in [-0.2, 0) is 4.79 Å². The van der Waals surface area contributed by atoms with Crippen LogP contribution in [0.1, 0.15) is 24.7 Å². The number of carbonyl (C=O) groups excluding carboxylic acids is 1. The number of amides is 1. The number of nitrogens with one attached hydrogen (secondary N) is 2. The normalized spacial score (nSPS) is 10.4. The van der Waals surface area contributed by atoms with Crippen molar-refractivity contribution in [3.63, 3.8) is 0 Å². The van der Waals surface area contributed by atoms with Gasteiger partial charge in [0.15, 0.2) is 5.82 Å². The highest BCUT2D eigenvalue weighted by Gasteiger charge is 2.08. The summed E-state index contributed by atoms with van der Waals surface area (Å²) in [5, 5.41) is 17.5. The molecule has 0 radical (unpaired) electrons. The van der Waals surface area contributed by atoms with Crippen LogP contribution in [0.15, 0.2) is 18.2 Å². The molecular weight excluding hydrogens is 268 g/mol. The van der Waals surface area contributed by atoms with Crippen LogP contribution in [0.2, 0.25) is 0 Å². The fraction of sp³-hybridized carbons (Fsp3) is 0.429. The third-order valence-electron chi connectivity index (χ3n) is 3.09. The summed E-state index contributed by atoms with van der Waals surface area (Å²) in [5.74, 6) is 0.702. The average Bonchev–Trinajstić information content (AvgIpc) is 2.90. The van der Waals surface area contributed by atoms with Gasteiger partial charge < -0.3 is 10.6 Å². The van der Waals surface area contributed by atoms with Crippen molar-refractivity contribution in [2.45, 2.75) is 27.2 Å². The standard InChI is InChI=1S/C14H20N6O/c1-4-7-15-14(21)9-16-12-6-5-10(2)13(8-12)20-11(3)17-18-19-20/h5-6,8,16H,4,7,9H2,1-3H3,(H,15,21). The van der Waals surface area contributed by atoms with E-state index in [2.05, 4.69) is 26.2 Å². The molecule has 7 nitrogen and oxygen atoms in total. The number of rotatable bonds is 6. The van der Waals surface area contributed by atoms with Gasteiger partial charge in [-0.25, -0.2) is 0 Å². The number of tetrazole rings is 1. The number of hydrogen-bond donors (Lipinski definition) is 2. The van der Waals surface area contributed by atoms with E-state index in [-0.39, 0.29) is 12.5 Å². The van der Waals surface area contributed by atoms with E-state index in [4.69, 9.17) is 0 Å². The van der Waals surface area contributed by atoms with Crippen LogP contribution >= 0.6 is 0 Å². The topological polar surface area (TPSA) is 84.7 Å². The van der Waals surface area contributed by atoms with Crippen molar-refractivity contribution in [3.05, 3.63) is 29.6 Å². The van der Waals surface area contributed by atoms with Gasteiger partial charge in [0, 0.05) is 12.2 Å². The molecule has 7 heteroatoms. The minimum atomic E-state index is -0.0161. The van der Waals surface area contributed by atoms with E-state index in [1.165, 1.54) is 0 Å². The molecule has 1 aromatic heterocycles. The summed E-state index contributed by atoms with van der Waals surface area (Å²) in [6.45, 7) is 6.81. The highest BCUT2D eigenvalue weighted by atomic mass is 16.1. The number of nitrogens with zero attached hydrogens (tertiary/aromatic N) is 4. The first-order chi connectivity index (χ1) is 10.1. The fourth-order valence-electron chi connectivity index (χ4n) is 1.91. The summed E-state index contributed by atoms with van der Waals surface area (Å²) >= 11 is 0. The Morgan fingerprint density at radius 3 is 2.81 bits per heavy atom. The Hall–Kier alpha value is -2.44. The number of anilines is 1. The quantitative estimate of drug-likeness (QED) is 0.835. The van der Waals surface area contributed by atoms with Gasteiger partial charge in [-0.05, 0) is 48.4 Å². The Labute approximate surface area is 123 Å². The summed E-state index contributed by atoms with van der Waals surface area (Å²) in [6.07, 6.45) is 0.930. The highest BCUT2D eigenvalue weighted by Crippen LogP contribution is 2.19. The molecule has 0 atom stereocenters. The maximum Gasteiger partial charge on any atom is 0.239 e. The van der Waals surface area contributed by atoms with Crippen LogP contribution in [0.4, 0.5) is 5.69 Å². The lowest BCUT2D eigenvalue weighted by Crippen LogP contribution is -2.30. The van der Waals surface area contributed by atoms with Crippen LogP contribution in [0.25, 0.3) is 5.69 Å². The molecule has 112 valence electrons. The number of benzene rings is 1. The lowest BCUT2D eigenvalue weighted by molar-refractivity contribution is -0.119. The largest absolute Gasteiger partial charge is 0.376 e. The van der Waals surface area contributed by atoms with E-state index in [1.807, 2.05) is 39.0 Å². The molecule has 0 aliphatic carbocycles. The van der Waals surface area contributed by atoms with Gasteiger partial charge in [0.25, 0.3) is 0 Å². The molecular formula is C14H20N6O. The van der Waals surface area contributed by atoms with Crippen molar-refractivity contribution in [1.82, 2.24) is 25.5 Å². The van der Waals surface area contributed by atoms with E-state index >= 15 is 0 Å². The van der Waals surface area contributed by atoms with Gasteiger partial charge in [-0.3, -0.25) is 4.79 Å². The maximum atomic E-state index is 11.6. The summed E-state index contributed by atoms with van der Waals surface area (Å²) in [6, 6.07) is 5.85. The average molecular weight is 288 g/mol. The molecule has 0 unspecified atom stereocenters. The summed E-state index contributed by atoms with van der Waals surface area (Å²) in [5.41, 5.74) is 2.82. The monoisotopic (exact) mass is 288 g/mol. The minimum Gasteiger partial charge on any atom is -0.376 e. The molecule has 0 saturated heterocycles. The van der Waals surface area contributed by atoms with Crippen molar-refractivity contribution < 1.29 is 4.79 Å². The number of carbonyl (C=O) groups is 1. The Bertz CT molecular complexity index is 622. The van der Waals surface area contributed by atoms with Crippen molar-refractivity contribution in [1.29, 1.82) is 0 Å². The van der Waals surface area contributed by atoms with E-state index in [0.717, 1.165) is 29.2 Å². The zero-order chi connectivity index (χ0) is 15.2. The molecule has 1 amide bonds. The van der Waals surface area contributed by atoms with Crippen molar-refractivity contribution >= 4 is 11.6 Å². The zero-order valence-corrected chi connectivity index (χ0v) is 12.6. The van der Waals surface area contributed by atoms with Gasteiger partial charge in [0.1, 0.15) is 0 Å². The smallest absolute Gasteiger partial charge is 0.239 e. The molecule has 21 heavy (non-hydrogen) atoms. The summed E-state index contributed by atoms with van der Waals surface area (Å²) in [4.78, 5) is 11.6. The minimum absolute atomic E-state index is 0.0161. The molecule has 0 saturated carbocycles. The van der Waals surface area contributed by atoms with Gasteiger partial charge in [-0.1, -0.05) is 13.0 Å². The van der Waals surface area contributed by atoms with E-state index < -0.39 is 0 Å². The van der Waals surface area contributed by atoms with Gasteiger partial charge in [-0.15, -0.1) is 5.10 Å². The first-order valence-corrected chi connectivity index (χ1v) is 6.98. The van der Waals surface area contributed by atoms with Crippen molar-refractivity contribution in [3.8, 4) is 5.69 Å². The molecule has 2 N–H and O–H groups in total. The van der Waals surface area contributed by atoms with Crippen LogP contribution in [-0.4, -0.2) is 39.2 Å². The van der Waals surface area contributed by atoms with Gasteiger partial charge in [0.05, 0.1) is 12.2 Å². The molecule has 0 aliphatic rings. The Morgan fingerprint density at radius 1 is 1.33 bits per heavy atom. The maximum absolute atomic E-state index is 11.6. The number of aryl methyl sites for hydroxylation is 2. The first-order valence-electron chi connectivity index (χ1n) is 6.98. The van der Waals surface area contributed by atoms with Gasteiger partial charge >= 0.3 is 0 Å². The van der Waals surface area contributed by atoms with E-state index in [1.54, 1.807) is 4.68 Å². The Kier molecular flexibility index (Phi) is 4.86. The second kappa shape index (κ2) is 6.83. The lowest BCUT2D eigenvalue weighted by atomic mass is 10.2. The highest BCUT2D eigenvalue weighted by molar-refractivity contribution is 5.80. The molecule has 1 aromatic carbocycles. The SMILES string of the molecule is CCCNC(=O)CNc1ccc(C)c(-n2nnnc2C)c1. The molecule has 2 aromatic rings. The Morgan fingerprint density at radius 2 is 2.14 bits per heavy atom. The second-order valence-electron chi connectivity index (χ2n) is 4.84. The predicted molar refractivity (Wildman–Crippen MR) is 80.4 cm³/mol. The summed E-state index contributed by atoms with van der Waals surface area (Å²) < 4.78 is 1.68. The molecule has 0 spiro atoms. The van der Waals surface area contributed by atoms with E-state index in [0.29, 0.717) is 6.54 Å². The van der Waals surface area contributed by atoms with Gasteiger partial charge in [0.2, 0.25) is 5.91 Å². The summed E-state index contributed by atoms with van der Waals surface area (Å²) in [7, 11) is 0. The van der Waals surface area contributed by atoms with Crippen LogP contribution in [0.5, 0.6) is 0 Å². The molecule has 2 rings (SSSR count). The van der Waals surface area contributed by atoms with Crippen LogP contribution in [0, 0.1) is 13.8 Å². The molecule has 0 bridgehead atoms. The van der Waals surface area contributed by atoms with Crippen LogP contribution in [0.3, 0.4) is 0 Å². The molecule has 0 fully saturated rings. The first kappa shape index (κ1) is 15.0. The lowest BCUT2D eigenvalue weighted by Gasteiger charge is -2.11. The fourth-order valence-corrected chi connectivity index (χ4v) is 1.91. The molecule has 1 heterocycles. The van der Waals surface area contributed by atoms with Crippen molar-refractivity contribution in [2.24, 2.45) is 0 Å². The second-order valence-corrected chi connectivity index (χ2v) is 4.84. The third kappa shape index (κ3) is 3.77. The molecule has 0 aliphatic heterocycles. The predicted octanol–water partition coefficient (Wildman–Crippen LogP) is 1.22.